The number of rotatable bonds is 4. The number of hydrogen-bond acceptors (Lipinski definition) is 3. The minimum absolute atomic E-state index is 0.0331. The van der Waals surface area contributed by atoms with Gasteiger partial charge in [-0.2, -0.15) is 0 Å². The number of nitrogens with one attached hydrogen (secondary N) is 1. The lowest BCUT2D eigenvalue weighted by Gasteiger charge is -2.11. The molecule has 3 N–H and O–H groups in total. The third-order valence-electron chi connectivity index (χ3n) is 2.97. The fourth-order valence-electron chi connectivity index (χ4n) is 1.78. The summed E-state index contributed by atoms with van der Waals surface area (Å²) in [6, 6.07) is 9.83. The average Bonchev–Trinajstić information content (AvgIpc) is 2.41. The van der Waals surface area contributed by atoms with Gasteiger partial charge in [-0.15, -0.1) is 0 Å². The highest BCUT2D eigenvalue weighted by Crippen LogP contribution is 2.26. The van der Waals surface area contributed by atoms with E-state index in [1.165, 1.54) is 12.1 Å². The fraction of sp³-hybridized carbons (Fsp3) is 0.143. The number of aryl methyl sites for hydroxylation is 1. The molecule has 0 saturated carbocycles. The van der Waals surface area contributed by atoms with Crippen LogP contribution in [0, 0.1) is 6.92 Å². The van der Waals surface area contributed by atoms with Crippen molar-refractivity contribution in [2.45, 2.75) is 18.4 Å². The van der Waals surface area contributed by atoms with Crippen molar-refractivity contribution in [1.29, 1.82) is 0 Å². The van der Waals surface area contributed by atoms with Crippen LogP contribution in [0.4, 0.5) is 5.69 Å². The lowest BCUT2D eigenvalue weighted by Crippen LogP contribution is -2.23. The van der Waals surface area contributed by atoms with E-state index >= 15 is 0 Å². The van der Waals surface area contributed by atoms with Crippen LogP contribution in [-0.4, -0.2) is 8.42 Å². The Hall–Kier alpha value is -1.27. The minimum Gasteiger partial charge on any atom is -0.398 e. The maximum absolute atomic E-state index is 12.3. The Bertz CT molecular complexity index is 777. The van der Waals surface area contributed by atoms with Crippen molar-refractivity contribution >= 4 is 38.9 Å². The zero-order valence-corrected chi connectivity index (χ0v) is 13.6. The molecule has 7 heteroatoms. The molecule has 21 heavy (non-hydrogen) atoms. The third kappa shape index (κ3) is 3.89. The Kier molecular flexibility index (Phi) is 4.78. The van der Waals surface area contributed by atoms with Crippen molar-refractivity contribution in [3.8, 4) is 0 Å². The van der Waals surface area contributed by atoms with Gasteiger partial charge in [0.1, 0.15) is 4.90 Å². The Balaban J connectivity index is 2.25. The summed E-state index contributed by atoms with van der Waals surface area (Å²) >= 11 is 11.9. The van der Waals surface area contributed by atoms with E-state index in [1.807, 2.05) is 0 Å². The molecule has 0 heterocycles. The standard InChI is InChI=1S/C14H14Cl2N2O2S/c1-9-5-12(16)14(7-13(9)17)21(19,20)18-8-10-3-2-4-11(15)6-10/h2-7,18H,8,17H2,1H3. The fourth-order valence-corrected chi connectivity index (χ4v) is 3.62. The first kappa shape index (κ1) is 16.1. The van der Waals surface area contributed by atoms with Gasteiger partial charge < -0.3 is 5.73 Å². The highest BCUT2D eigenvalue weighted by atomic mass is 35.5. The predicted molar refractivity (Wildman–Crippen MR) is 86.1 cm³/mol. The quantitative estimate of drug-likeness (QED) is 0.835. The number of benzene rings is 2. The van der Waals surface area contributed by atoms with Crippen LogP contribution in [0.25, 0.3) is 0 Å². The van der Waals surface area contributed by atoms with Gasteiger partial charge in [0.15, 0.2) is 0 Å². The van der Waals surface area contributed by atoms with Crippen LogP contribution in [0.15, 0.2) is 41.3 Å². The molecule has 0 aliphatic carbocycles. The second-order valence-corrected chi connectivity index (χ2v) is 7.17. The van der Waals surface area contributed by atoms with Gasteiger partial charge in [-0.1, -0.05) is 35.3 Å². The molecule has 0 spiro atoms. The molecular weight excluding hydrogens is 331 g/mol. The first-order chi connectivity index (χ1) is 9.79. The first-order valence-electron chi connectivity index (χ1n) is 6.09. The molecule has 2 rings (SSSR count). The number of hydrogen-bond donors (Lipinski definition) is 2. The molecule has 0 saturated heterocycles. The molecule has 2 aromatic rings. The molecule has 0 atom stereocenters. The van der Waals surface area contributed by atoms with Crippen LogP contribution >= 0.6 is 23.2 Å². The van der Waals surface area contributed by atoms with Gasteiger partial charge in [-0.25, -0.2) is 13.1 Å². The Labute approximate surface area is 133 Å². The summed E-state index contributed by atoms with van der Waals surface area (Å²) in [5.41, 5.74) is 7.60. The summed E-state index contributed by atoms with van der Waals surface area (Å²) < 4.78 is 27.1. The van der Waals surface area contributed by atoms with Crippen molar-refractivity contribution in [2.24, 2.45) is 0 Å². The molecule has 0 amide bonds. The Morgan fingerprint density at radius 3 is 2.57 bits per heavy atom. The van der Waals surface area contributed by atoms with Crippen molar-refractivity contribution in [3.05, 3.63) is 57.6 Å². The van der Waals surface area contributed by atoms with Crippen LogP contribution in [0.5, 0.6) is 0 Å². The van der Waals surface area contributed by atoms with Crippen LogP contribution in [0.2, 0.25) is 10.0 Å². The van der Waals surface area contributed by atoms with E-state index in [4.69, 9.17) is 28.9 Å². The van der Waals surface area contributed by atoms with E-state index < -0.39 is 10.0 Å². The number of halogens is 2. The van der Waals surface area contributed by atoms with E-state index in [2.05, 4.69) is 4.72 Å². The van der Waals surface area contributed by atoms with Gasteiger partial charge in [0, 0.05) is 17.3 Å². The zero-order chi connectivity index (χ0) is 15.6. The minimum atomic E-state index is -3.75. The summed E-state index contributed by atoms with van der Waals surface area (Å²) in [5, 5.41) is 0.685. The van der Waals surface area contributed by atoms with Gasteiger partial charge in [0.05, 0.1) is 5.02 Å². The van der Waals surface area contributed by atoms with Crippen LogP contribution in [-0.2, 0) is 16.6 Å². The van der Waals surface area contributed by atoms with Crippen molar-refractivity contribution in [2.75, 3.05) is 5.73 Å². The van der Waals surface area contributed by atoms with Crippen LogP contribution in [0.1, 0.15) is 11.1 Å². The normalized spacial score (nSPS) is 11.6. The summed E-state index contributed by atoms with van der Waals surface area (Å²) in [6.45, 7) is 1.88. The van der Waals surface area contributed by atoms with E-state index in [-0.39, 0.29) is 16.5 Å². The van der Waals surface area contributed by atoms with Gasteiger partial charge >= 0.3 is 0 Å². The van der Waals surface area contributed by atoms with Gasteiger partial charge in [0.2, 0.25) is 10.0 Å². The van der Waals surface area contributed by atoms with Crippen LogP contribution < -0.4 is 10.5 Å². The number of anilines is 1. The Morgan fingerprint density at radius 2 is 1.90 bits per heavy atom. The van der Waals surface area contributed by atoms with Crippen LogP contribution in [0.3, 0.4) is 0 Å². The second kappa shape index (κ2) is 6.23. The summed E-state index contributed by atoms with van der Waals surface area (Å²) in [6.07, 6.45) is 0. The van der Waals surface area contributed by atoms with Crippen molar-refractivity contribution in [3.63, 3.8) is 0 Å². The molecule has 0 radical (unpaired) electrons. The van der Waals surface area contributed by atoms with Gasteiger partial charge in [0.25, 0.3) is 0 Å². The SMILES string of the molecule is Cc1cc(Cl)c(S(=O)(=O)NCc2cccc(Cl)c2)cc1N. The molecule has 0 aromatic heterocycles. The molecule has 0 aliphatic rings. The number of sulfonamides is 1. The second-order valence-electron chi connectivity index (χ2n) is 4.59. The molecule has 112 valence electrons. The summed E-state index contributed by atoms with van der Waals surface area (Å²) in [5.74, 6) is 0. The number of nitrogen functional groups attached to an aromatic ring is 1. The number of nitrogens with two attached hydrogens (primary N) is 1. The summed E-state index contributed by atoms with van der Waals surface area (Å²) in [4.78, 5) is -0.0331. The lowest BCUT2D eigenvalue weighted by molar-refractivity contribution is 0.581. The predicted octanol–water partition coefficient (Wildman–Crippen LogP) is 3.36. The largest absolute Gasteiger partial charge is 0.398 e. The molecule has 4 nitrogen and oxygen atoms in total. The molecule has 0 unspecified atom stereocenters. The van der Waals surface area contributed by atoms with E-state index in [1.54, 1.807) is 31.2 Å². The highest BCUT2D eigenvalue weighted by molar-refractivity contribution is 7.89. The molecule has 0 fully saturated rings. The molecule has 0 aliphatic heterocycles. The lowest BCUT2D eigenvalue weighted by atomic mass is 10.2. The smallest absolute Gasteiger partial charge is 0.242 e. The van der Waals surface area contributed by atoms with E-state index in [0.29, 0.717) is 10.7 Å². The molecule has 0 bridgehead atoms. The maximum atomic E-state index is 12.3. The topological polar surface area (TPSA) is 72.2 Å². The van der Waals surface area contributed by atoms with Gasteiger partial charge in [-0.3, -0.25) is 0 Å². The Morgan fingerprint density at radius 1 is 1.19 bits per heavy atom. The van der Waals surface area contributed by atoms with E-state index in [0.717, 1.165) is 11.1 Å². The van der Waals surface area contributed by atoms with Crippen molar-refractivity contribution < 1.29 is 8.42 Å². The zero-order valence-electron chi connectivity index (χ0n) is 11.2. The van der Waals surface area contributed by atoms with E-state index in [9.17, 15) is 8.42 Å². The van der Waals surface area contributed by atoms with Gasteiger partial charge in [-0.05, 0) is 42.3 Å². The third-order valence-corrected chi connectivity index (χ3v) is 5.07. The van der Waals surface area contributed by atoms with Crippen molar-refractivity contribution in [1.82, 2.24) is 4.72 Å². The average molecular weight is 345 g/mol. The first-order valence-corrected chi connectivity index (χ1v) is 8.33. The molecule has 2 aromatic carbocycles. The monoisotopic (exact) mass is 344 g/mol. The molecular formula is C14H14Cl2N2O2S. The summed E-state index contributed by atoms with van der Waals surface area (Å²) in [7, 11) is -3.75. The highest BCUT2D eigenvalue weighted by Gasteiger charge is 2.19. The maximum Gasteiger partial charge on any atom is 0.242 e.